The first-order valence-electron chi connectivity index (χ1n) is 8.56. The van der Waals surface area contributed by atoms with E-state index in [9.17, 15) is 9.90 Å². The molecule has 4 heteroatoms. The van der Waals surface area contributed by atoms with Crippen LogP contribution in [0.15, 0.2) is 47.5 Å². The van der Waals surface area contributed by atoms with E-state index in [0.29, 0.717) is 17.4 Å². The van der Waals surface area contributed by atoms with Crippen molar-refractivity contribution in [1.29, 1.82) is 0 Å². The Morgan fingerprint density at radius 3 is 2.68 bits per heavy atom. The molecule has 0 bridgehead atoms. The van der Waals surface area contributed by atoms with Crippen LogP contribution in [0.4, 0.5) is 5.69 Å². The SMILES string of the molecule is Cc1ccc2c(c1)N=C(CC(CC(=O)O)c1ccc(Cl)cc1)C(C)C2. The van der Waals surface area contributed by atoms with E-state index in [2.05, 4.69) is 32.0 Å². The predicted molar refractivity (Wildman–Crippen MR) is 102 cm³/mol. The number of nitrogens with zero attached hydrogens (tertiary/aromatic N) is 1. The molecule has 1 heterocycles. The predicted octanol–water partition coefficient (Wildman–Crippen LogP) is 5.56. The highest BCUT2D eigenvalue weighted by atomic mass is 35.5. The van der Waals surface area contributed by atoms with Gasteiger partial charge in [-0.15, -0.1) is 0 Å². The van der Waals surface area contributed by atoms with Gasteiger partial charge in [0.25, 0.3) is 0 Å². The van der Waals surface area contributed by atoms with Gasteiger partial charge >= 0.3 is 5.97 Å². The number of carboxylic acids is 1. The van der Waals surface area contributed by atoms with Crippen molar-refractivity contribution in [2.45, 2.75) is 39.0 Å². The zero-order valence-corrected chi connectivity index (χ0v) is 15.3. The van der Waals surface area contributed by atoms with Crippen LogP contribution in [0.25, 0.3) is 0 Å². The molecule has 1 aliphatic heterocycles. The highest BCUT2D eigenvalue weighted by molar-refractivity contribution is 6.30. The standard InChI is InChI=1S/C21H22ClNO2/c1-13-3-4-16-10-14(2)19(23-20(16)9-13)11-17(12-21(24)25)15-5-7-18(22)8-6-15/h3-9,14,17H,10-12H2,1-2H3,(H,24,25). The molecule has 0 spiro atoms. The Labute approximate surface area is 153 Å². The lowest BCUT2D eigenvalue weighted by Gasteiger charge is -2.25. The normalized spacial score (nSPS) is 17.6. The molecule has 0 saturated carbocycles. The number of rotatable bonds is 5. The van der Waals surface area contributed by atoms with E-state index in [-0.39, 0.29) is 12.3 Å². The monoisotopic (exact) mass is 355 g/mol. The second-order valence-corrected chi connectivity index (χ2v) is 7.33. The van der Waals surface area contributed by atoms with Crippen molar-refractivity contribution < 1.29 is 9.90 Å². The maximum absolute atomic E-state index is 11.4. The minimum atomic E-state index is -0.791. The molecule has 1 aliphatic rings. The van der Waals surface area contributed by atoms with E-state index in [4.69, 9.17) is 16.6 Å². The summed E-state index contributed by atoms with van der Waals surface area (Å²) in [5.41, 5.74) is 5.56. The highest BCUT2D eigenvalue weighted by Crippen LogP contribution is 2.34. The summed E-state index contributed by atoms with van der Waals surface area (Å²) in [5.74, 6) is -0.568. The molecule has 25 heavy (non-hydrogen) atoms. The van der Waals surface area contributed by atoms with Crippen LogP contribution < -0.4 is 0 Å². The number of benzene rings is 2. The number of hydrogen-bond acceptors (Lipinski definition) is 2. The number of fused-ring (bicyclic) bond motifs is 1. The van der Waals surface area contributed by atoms with Crippen molar-refractivity contribution in [3.05, 3.63) is 64.2 Å². The first-order valence-corrected chi connectivity index (χ1v) is 8.94. The molecule has 1 N–H and O–H groups in total. The number of halogens is 1. The molecule has 2 unspecified atom stereocenters. The topological polar surface area (TPSA) is 49.7 Å². The van der Waals surface area contributed by atoms with Gasteiger partial charge in [-0.2, -0.15) is 0 Å². The molecular formula is C21H22ClNO2. The lowest BCUT2D eigenvalue weighted by atomic mass is 9.83. The third-order valence-electron chi connectivity index (χ3n) is 4.82. The summed E-state index contributed by atoms with van der Waals surface area (Å²) in [6.07, 6.45) is 1.70. The number of aliphatic imine (C=N–C) groups is 1. The van der Waals surface area contributed by atoms with Crippen LogP contribution in [0.3, 0.4) is 0 Å². The summed E-state index contributed by atoms with van der Waals surface area (Å²) in [6.45, 7) is 4.23. The van der Waals surface area contributed by atoms with Gasteiger partial charge in [-0.1, -0.05) is 42.8 Å². The summed E-state index contributed by atoms with van der Waals surface area (Å²) < 4.78 is 0. The fourth-order valence-electron chi connectivity index (χ4n) is 3.42. The third kappa shape index (κ3) is 4.29. The van der Waals surface area contributed by atoms with Crippen LogP contribution in [0.5, 0.6) is 0 Å². The Morgan fingerprint density at radius 2 is 2.00 bits per heavy atom. The average Bonchev–Trinajstić information content (AvgIpc) is 2.55. The van der Waals surface area contributed by atoms with E-state index in [1.807, 2.05) is 24.3 Å². The molecule has 0 saturated heterocycles. The van der Waals surface area contributed by atoms with Crippen molar-refractivity contribution in [1.82, 2.24) is 0 Å². The number of carboxylic acid groups (broad SMARTS) is 1. The van der Waals surface area contributed by atoms with E-state index in [1.54, 1.807) is 0 Å². The minimum absolute atomic E-state index is 0.0913. The Bertz CT molecular complexity index is 811. The lowest BCUT2D eigenvalue weighted by molar-refractivity contribution is -0.137. The lowest BCUT2D eigenvalue weighted by Crippen LogP contribution is -2.21. The minimum Gasteiger partial charge on any atom is -0.481 e. The smallest absolute Gasteiger partial charge is 0.303 e. The second kappa shape index (κ2) is 7.40. The van der Waals surface area contributed by atoms with Crippen LogP contribution in [-0.2, 0) is 11.2 Å². The van der Waals surface area contributed by atoms with Gasteiger partial charge in [-0.3, -0.25) is 9.79 Å². The van der Waals surface area contributed by atoms with Crippen LogP contribution in [0, 0.1) is 12.8 Å². The van der Waals surface area contributed by atoms with Crippen LogP contribution in [0.1, 0.15) is 42.4 Å². The molecule has 0 amide bonds. The van der Waals surface area contributed by atoms with Gasteiger partial charge in [-0.05, 0) is 66.5 Å². The van der Waals surface area contributed by atoms with Crippen molar-refractivity contribution in [2.24, 2.45) is 10.9 Å². The molecule has 0 radical (unpaired) electrons. The van der Waals surface area contributed by atoms with Crippen LogP contribution >= 0.6 is 11.6 Å². The zero-order chi connectivity index (χ0) is 18.0. The number of aliphatic carboxylic acids is 1. The summed E-state index contributed by atoms with van der Waals surface area (Å²) in [6, 6.07) is 13.8. The molecule has 0 aromatic heterocycles. The molecule has 2 aromatic carbocycles. The van der Waals surface area contributed by atoms with Crippen molar-refractivity contribution in [2.75, 3.05) is 0 Å². The zero-order valence-electron chi connectivity index (χ0n) is 14.5. The van der Waals surface area contributed by atoms with Gasteiger partial charge in [-0.25, -0.2) is 0 Å². The van der Waals surface area contributed by atoms with E-state index >= 15 is 0 Å². The van der Waals surface area contributed by atoms with Crippen molar-refractivity contribution >= 4 is 29.0 Å². The second-order valence-electron chi connectivity index (χ2n) is 6.89. The van der Waals surface area contributed by atoms with Crippen molar-refractivity contribution in [3.8, 4) is 0 Å². The molecule has 2 aromatic rings. The molecule has 0 fully saturated rings. The highest BCUT2D eigenvalue weighted by Gasteiger charge is 2.24. The number of carbonyl (C=O) groups is 1. The molecule has 2 atom stereocenters. The van der Waals surface area contributed by atoms with Crippen LogP contribution in [0.2, 0.25) is 5.02 Å². The van der Waals surface area contributed by atoms with Gasteiger partial charge in [0.15, 0.2) is 0 Å². The molecule has 3 nitrogen and oxygen atoms in total. The van der Waals surface area contributed by atoms with E-state index in [0.717, 1.165) is 23.4 Å². The largest absolute Gasteiger partial charge is 0.481 e. The average molecular weight is 356 g/mol. The summed E-state index contributed by atoms with van der Waals surface area (Å²) in [5, 5.41) is 9.98. The summed E-state index contributed by atoms with van der Waals surface area (Å²) in [4.78, 5) is 16.2. The molecule has 3 rings (SSSR count). The first kappa shape index (κ1) is 17.7. The Hall–Kier alpha value is -2.13. The maximum atomic E-state index is 11.4. The van der Waals surface area contributed by atoms with Gasteiger partial charge in [0.1, 0.15) is 0 Å². The Kier molecular flexibility index (Phi) is 5.24. The third-order valence-corrected chi connectivity index (χ3v) is 5.07. The van der Waals surface area contributed by atoms with Gasteiger partial charge in [0, 0.05) is 10.7 Å². The number of hydrogen-bond donors (Lipinski definition) is 1. The Balaban J connectivity index is 1.90. The molecule has 0 aliphatic carbocycles. The van der Waals surface area contributed by atoms with E-state index < -0.39 is 5.97 Å². The van der Waals surface area contributed by atoms with Crippen LogP contribution in [-0.4, -0.2) is 16.8 Å². The maximum Gasteiger partial charge on any atom is 0.303 e. The molecular weight excluding hydrogens is 334 g/mol. The fourth-order valence-corrected chi connectivity index (χ4v) is 3.54. The summed E-state index contributed by atoms with van der Waals surface area (Å²) in [7, 11) is 0. The van der Waals surface area contributed by atoms with Gasteiger partial charge < -0.3 is 5.11 Å². The molecule has 130 valence electrons. The van der Waals surface area contributed by atoms with Crippen molar-refractivity contribution in [3.63, 3.8) is 0 Å². The van der Waals surface area contributed by atoms with Gasteiger partial charge in [0.05, 0.1) is 12.1 Å². The quantitative estimate of drug-likeness (QED) is 0.763. The first-order chi connectivity index (χ1) is 11.9. The summed E-state index contributed by atoms with van der Waals surface area (Å²) >= 11 is 5.97. The Morgan fingerprint density at radius 1 is 1.28 bits per heavy atom. The fraction of sp³-hybridized carbons (Fsp3) is 0.333. The number of aryl methyl sites for hydroxylation is 1. The van der Waals surface area contributed by atoms with Gasteiger partial charge in [0.2, 0.25) is 0 Å². The van der Waals surface area contributed by atoms with E-state index in [1.165, 1.54) is 11.1 Å².